The minimum Gasteiger partial charge on any atom is -0.254 e. The van der Waals surface area contributed by atoms with Gasteiger partial charge in [0.25, 0.3) is 0 Å². The molecule has 9 aromatic rings. The lowest BCUT2D eigenvalue weighted by Crippen LogP contribution is -1.91. The van der Waals surface area contributed by atoms with Gasteiger partial charge in [-0.15, -0.1) is 0 Å². The third-order valence-electron chi connectivity index (χ3n) is 8.85. The summed E-state index contributed by atoms with van der Waals surface area (Å²) in [6.45, 7) is 0. The van der Waals surface area contributed by atoms with Crippen LogP contribution in [0.5, 0.6) is 0 Å². The maximum atomic E-state index is 5.08. The highest BCUT2D eigenvalue weighted by molar-refractivity contribution is 6.21. The van der Waals surface area contributed by atoms with Crippen molar-refractivity contribution in [2.45, 2.75) is 7.43 Å². The van der Waals surface area contributed by atoms with Gasteiger partial charge in [0.1, 0.15) is 0 Å². The van der Waals surface area contributed by atoms with Crippen LogP contribution in [0.4, 0.5) is 0 Å². The fourth-order valence-electron chi connectivity index (χ4n) is 6.80. The van der Waals surface area contributed by atoms with Crippen LogP contribution in [0.1, 0.15) is 7.43 Å². The zero-order valence-corrected chi connectivity index (χ0v) is 23.9. The second-order valence-corrected chi connectivity index (χ2v) is 11.4. The van der Waals surface area contributed by atoms with E-state index in [0.29, 0.717) is 0 Å². The van der Waals surface area contributed by atoms with Gasteiger partial charge in [-0.1, -0.05) is 135 Å². The summed E-state index contributed by atoms with van der Waals surface area (Å²) in [6, 6.07) is 54.5. The molecule has 45 heavy (non-hydrogen) atoms. The molecule has 2 aromatic heterocycles. The quantitative estimate of drug-likeness (QED) is 0.155. The maximum Gasteiger partial charge on any atom is 0.0972 e. The molecule has 0 aliphatic rings. The molecule has 0 radical (unpaired) electrons. The first-order valence-electron chi connectivity index (χ1n) is 15.0. The lowest BCUT2D eigenvalue weighted by atomic mass is 9.85. The molecular formula is C43H30N2. The highest BCUT2D eigenvalue weighted by atomic mass is 14.7. The van der Waals surface area contributed by atoms with Crippen LogP contribution in [0.15, 0.2) is 158 Å². The molecule has 9 rings (SSSR count). The number of nitrogens with zero attached hydrogens (tertiary/aromatic N) is 2. The molecule has 2 heterocycles. The summed E-state index contributed by atoms with van der Waals surface area (Å²) >= 11 is 0. The first-order chi connectivity index (χ1) is 21.8. The van der Waals surface area contributed by atoms with E-state index in [1.165, 1.54) is 54.6 Å². The van der Waals surface area contributed by atoms with Gasteiger partial charge >= 0.3 is 0 Å². The summed E-state index contributed by atoms with van der Waals surface area (Å²) in [5.41, 5.74) is 8.96. The van der Waals surface area contributed by atoms with Crippen LogP contribution in [0.3, 0.4) is 0 Å². The van der Waals surface area contributed by atoms with E-state index in [1.54, 1.807) is 0 Å². The average Bonchev–Trinajstić information content (AvgIpc) is 3.10. The molecule has 0 saturated heterocycles. The van der Waals surface area contributed by atoms with Crippen LogP contribution >= 0.6 is 0 Å². The summed E-state index contributed by atoms with van der Waals surface area (Å²) in [5, 5.41) is 9.68. The Labute approximate surface area is 262 Å². The molecule has 0 spiro atoms. The van der Waals surface area contributed by atoms with E-state index in [0.717, 1.165) is 33.1 Å². The molecule has 0 fully saturated rings. The van der Waals surface area contributed by atoms with Gasteiger partial charge in [0, 0.05) is 22.5 Å². The third kappa shape index (κ3) is 4.34. The number of hydrogen-bond donors (Lipinski definition) is 0. The van der Waals surface area contributed by atoms with Crippen LogP contribution in [-0.2, 0) is 0 Å². The van der Waals surface area contributed by atoms with Gasteiger partial charge in [-0.2, -0.15) is 0 Å². The predicted molar refractivity (Wildman–Crippen MR) is 193 cm³/mol. The van der Waals surface area contributed by atoms with E-state index in [1.807, 2.05) is 12.3 Å². The van der Waals surface area contributed by atoms with Crippen molar-refractivity contribution in [1.82, 2.24) is 9.97 Å². The van der Waals surface area contributed by atoms with Crippen LogP contribution in [0.2, 0.25) is 0 Å². The molecule has 2 heteroatoms. The third-order valence-corrected chi connectivity index (χ3v) is 8.85. The molecule has 0 amide bonds. The molecule has 0 bridgehead atoms. The van der Waals surface area contributed by atoms with Gasteiger partial charge in [0.15, 0.2) is 0 Å². The molecule has 212 valence electrons. The second kappa shape index (κ2) is 10.7. The number of hydrogen-bond acceptors (Lipinski definition) is 2. The van der Waals surface area contributed by atoms with Crippen LogP contribution < -0.4 is 0 Å². The van der Waals surface area contributed by atoms with Crippen molar-refractivity contribution < 1.29 is 0 Å². The molecule has 0 unspecified atom stereocenters. The molecule has 0 aliphatic heterocycles. The van der Waals surface area contributed by atoms with Crippen LogP contribution in [-0.4, -0.2) is 9.97 Å². The van der Waals surface area contributed by atoms with E-state index < -0.39 is 0 Å². The van der Waals surface area contributed by atoms with Gasteiger partial charge in [-0.3, -0.25) is 4.98 Å². The Kier molecular flexibility index (Phi) is 6.36. The Morgan fingerprint density at radius 2 is 0.867 bits per heavy atom. The summed E-state index contributed by atoms with van der Waals surface area (Å²) in [7, 11) is 0. The van der Waals surface area contributed by atoms with Crippen molar-refractivity contribution in [3.05, 3.63) is 158 Å². The number of pyridine rings is 2. The Hall–Kier alpha value is -5.86. The maximum absolute atomic E-state index is 5.08. The summed E-state index contributed by atoms with van der Waals surface area (Å²) in [4.78, 5) is 9.72. The van der Waals surface area contributed by atoms with E-state index in [-0.39, 0.29) is 7.43 Å². The van der Waals surface area contributed by atoms with Crippen molar-refractivity contribution >= 4 is 54.1 Å². The van der Waals surface area contributed by atoms with E-state index >= 15 is 0 Å². The minimum atomic E-state index is 0. The number of rotatable bonds is 3. The molecule has 0 aliphatic carbocycles. The highest BCUT2D eigenvalue weighted by Gasteiger charge is 2.16. The number of benzene rings is 7. The van der Waals surface area contributed by atoms with Crippen LogP contribution in [0, 0.1) is 0 Å². The minimum absolute atomic E-state index is 0. The van der Waals surface area contributed by atoms with Crippen LogP contribution in [0.25, 0.3) is 87.6 Å². The predicted octanol–water partition coefficient (Wildman–Crippen LogP) is 11.9. The fourth-order valence-corrected chi connectivity index (χ4v) is 6.80. The molecule has 0 saturated carbocycles. The van der Waals surface area contributed by atoms with Gasteiger partial charge < -0.3 is 0 Å². The molecule has 2 nitrogen and oxygen atoms in total. The topological polar surface area (TPSA) is 25.8 Å². The highest BCUT2D eigenvalue weighted by Crippen LogP contribution is 2.44. The van der Waals surface area contributed by atoms with E-state index in [2.05, 4.69) is 151 Å². The Morgan fingerprint density at radius 3 is 1.53 bits per heavy atom. The lowest BCUT2D eigenvalue weighted by molar-refractivity contribution is 1.37. The second-order valence-electron chi connectivity index (χ2n) is 11.4. The fraction of sp³-hybridized carbons (Fsp3) is 0.0233. The molecule has 7 aromatic carbocycles. The Bertz CT molecular complexity index is 2490. The van der Waals surface area contributed by atoms with Crippen molar-refractivity contribution in [3.63, 3.8) is 0 Å². The zero-order valence-electron chi connectivity index (χ0n) is 23.9. The normalized spacial score (nSPS) is 11.4. The summed E-state index contributed by atoms with van der Waals surface area (Å²) in [5.74, 6) is 0. The number of aromatic nitrogens is 2. The summed E-state index contributed by atoms with van der Waals surface area (Å²) in [6.07, 6.45) is 1.84. The molecule has 0 atom stereocenters. The van der Waals surface area contributed by atoms with E-state index in [9.17, 15) is 0 Å². The van der Waals surface area contributed by atoms with Crippen molar-refractivity contribution in [3.8, 4) is 33.5 Å². The molecular weight excluding hydrogens is 544 g/mol. The van der Waals surface area contributed by atoms with Gasteiger partial charge in [0.05, 0.1) is 16.7 Å². The summed E-state index contributed by atoms with van der Waals surface area (Å²) < 4.78 is 0. The Morgan fingerprint density at radius 1 is 0.356 bits per heavy atom. The van der Waals surface area contributed by atoms with Gasteiger partial charge in [-0.05, 0) is 78.8 Å². The smallest absolute Gasteiger partial charge is 0.0972 e. The standard InChI is InChI=1S/C42H26N2.CH4/c1-2-9-27(10-3-1)39-34-12-4-6-14-36(34)40(37-15-7-5-13-35(37)39)33-21-19-30-25-32(20-18-31(30)26-33)38-23-22-29-17-16-28-11-8-24-43-41(28)42(29)44-38;/h1-26H;1H4. The van der Waals surface area contributed by atoms with Crippen molar-refractivity contribution in [1.29, 1.82) is 0 Å². The molecule has 0 N–H and O–H groups in total. The zero-order chi connectivity index (χ0) is 29.0. The lowest BCUT2D eigenvalue weighted by Gasteiger charge is -2.18. The Balaban J connectivity index is 0.00000300. The van der Waals surface area contributed by atoms with Gasteiger partial charge in [0.2, 0.25) is 0 Å². The SMILES string of the molecule is C.c1ccc(-c2c3ccccc3c(-c3ccc4cc(-c5ccc6ccc7cccnc7c6n5)ccc4c3)c3ccccc23)cc1. The van der Waals surface area contributed by atoms with Gasteiger partial charge in [-0.25, -0.2) is 4.98 Å². The monoisotopic (exact) mass is 574 g/mol. The van der Waals surface area contributed by atoms with Crippen molar-refractivity contribution in [2.24, 2.45) is 0 Å². The van der Waals surface area contributed by atoms with Crippen molar-refractivity contribution in [2.75, 3.05) is 0 Å². The first-order valence-corrected chi connectivity index (χ1v) is 15.0. The van der Waals surface area contributed by atoms with E-state index in [4.69, 9.17) is 4.98 Å². The first kappa shape index (κ1) is 26.7. The largest absolute Gasteiger partial charge is 0.254 e. The number of fused-ring (bicyclic) bond motifs is 6. The average molecular weight is 575 g/mol.